The number of anilines is 1. The minimum Gasteiger partial charge on any atom is -0.493 e. The van der Waals surface area contributed by atoms with Crippen LogP contribution < -0.4 is 9.64 Å². The molecule has 3 aromatic rings. The van der Waals surface area contributed by atoms with Crippen molar-refractivity contribution in [3.05, 3.63) is 54.6 Å². The van der Waals surface area contributed by atoms with Crippen molar-refractivity contribution in [1.82, 2.24) is 4.98 Å². The van der Waals surface area contributed by atoms with Crippen molar-refractivity contribution in [2.45, 2.75) is 32.8 Å². The third-order valence-corrected chi connectivity index (χ3v) is 5.18. The van der Waals surface area contributed by atoms with Gasteiger partial charge in [0.2, 0.25) is 0 Å². The van der Waals surface area contributed by atoms with Crippen LogP contribution in [0.25, 0.3) is 22.2 Å². The fourth-order valence-corrected chi connectivity index (χ4v) is 3.36. The van der Waals surface area contributed by atoms with Crippen molar-refractivity contribution in [3.63, 3.8) is 0 Å². The van der Waals surface area contributed by atoms with Gasteiger partial charge in [0.1, 0.15) is 5.75 Å². The first-order chi connectivity index (χ1) is 16.3. The Kier molecular flexibility index (Phi) is 9.69. The number of fused-ring (bicyclic) bond motifs is 1. The van der Waals surface area contributed by atoms with Crippen LogP contribution in [0.2, 0.25) is 0 Å². The molecule has 0 unspecified atom stereocenters. The molecule has 0 aliphatic rings. The highest BCUT2D eigenvalue weighted by Crippen LogP contribution is 2.25. The van der Waals surface area contributed by atoms with Crippen LogP contribution in [0.15, 0.2) is 54.6 Å². The van der Waals surface area contributed by atoms with Crippen molar-refractivity contribution in [3.8, 4) is 17.0 Å². The summed E-state index contributed by atoms with van der Waals surface area (Å²) in [4.78, 5) is 6.91. The number of nitrogens with zero attached hydrogens (tertiary/aromatic N) is 2. The summed E-state index contributed by atoms with van der Waals surface area (Å²) in [5.41, 5.74) is 4.08. The third-order valence-electron chi connectivity index (χ3n) is 5.18. The highest BCUT2D eigenvalue weighted by Gasteiger charge is 2.09. The summed E-state index contributed by atoms with van der Waals surface area (Å²) >= 11 is 0. The van der Waals surface area contributed by atoms with E-state index in [0.29, 0.717) is 39.6 Å². The van der Waals surface area contributed by atoms with E-state index < -0.39 is 0 Å². The molecule has 0 aliphatic heterocycles. The van der Waals surface area contributed by atoms with E-state index in [1.807, 2.05) is 53.1 Å². The van der Waals surface area contributed by atoms with Gasteiger partial charge in [-0.05, 0) is 57.2 Å². The van der Waals surface area contributed by atoms with Crippen LogP contribution in [-0.2, 0) is 14.2 Å². The molecule has 2 aromatic carbocycles. The molecule has 0 spiro atoms. The minimum atomic E-state index is -0.122. The fraction of sp³-hybridized carbons (Fsp3) is 0.464. The third kappa shape index (κ3) is 8.60. The van der Waals surface area contributed by atoms with Crippen LogP contribution in [0.3, 0.4) is 0 Å². The second-order valence-electron chi connectivity index (χ2n) is 9.38. The fourth-order valence-electron chi connectivity index (χ4n) is 3.36. The van der Waals surface area contributed by atoms with Gasteiger partial charge in [-0.15, -0.1) is 0 Å². The Bertz CT molecular complexity index is 1010. The molecule has 1 heterocycles. The first kappa shape index (κ1) is 25.9. The zero-order chi connectivity index (χ0) is 24.4. The summed E-state index contributed by atoms with van der Waals surface area (Å²) in [6.45, 7) is 9.71. The molecule has 0 aliphatic carbocycles. The first-order valence-electron chi connectivity index (χ1n) is 11.9. The molecule has 34 heavy (non-hydrogen) atoms. The quantitative estimate of drug-likeness (QED) is 0.306. The highest BCUT2D eigenvalue weighted by molar-refractivity contribution is 5.83. The van der Waals surface area contributed by atoms with Gasteiger partial charge in [0.15, 0.2) is 0 Å². The summed E-state index contributed by atoms with van der Waals surface area (Å²) in [5, 5.41) is 1.06. The van der Waals surface area contributed by atoms with E-state index in [1.54, 1.807) is 0 Å². The standard InChI is InChI=1S/C28H38N2O4/c1-28(2,3)34-20-19-32-18-17-31-15-6-16-33-25-12-14-27-23(21-25)9-13-26(29-27)22-7-10-24(11-8-22)30(4)5/h7-14,21H,6,15-20H2,1-5H3. The van der Waals surface area contributed by atoms with Gasteiger partial charge in [0, 0.05) is 43.8 Å². The second kappa shape index (κ2) is 12.7. The maximum atomic E-state index is 5.90. The first-order valence-corrected chi connectivity index (χ1v) is 11.9. The van der Waals surface area contributed by atoms with Crippen molar-refractivity contribution in [2.75, 3.05) is 58.6 Å². The van der Waals surface area contributed by atoms with Crippen molar-refractivity contribution in [1.29, 1.82) is 0 Å². The molecule has 3 rings (SSSR count). The largest absolute Gasteiger partial charge is 0.493 e. The molecule has 0 saturated heterocycles. The Morgan fingerprint density at radius 3 is 2.18 bits per heavy atom. The van der Waals surface area contributed by atoms with Gasteiger partial charge in [0.25, 0.3) is 0 Å². The summed E-state index contributed by atoms with van der Waals surface area (Å²) in [7, 11) is 4.08. The van der Waals surface area contributed by atoms with Gasteiger partial charge in [0.05, 0.1) is 49.8 Å². The number of pyridine rings is 1. The van der Waals surface area contributed by atoms with Crippen LogP contribution in [0.5, 0.6) is 5.75 Å². The molecule has 0 amide bonds. The number of ether oxygens (including phenoxy) is 4. The van der Waals surface area contributed by atoms with E-state index in [-0.39, 0.29) is 5.60 Å². The SMILES string of the molecule is CN(C)c1ccc(-c2ccc3cc(OCCCOCCOCCOC(C)(C)C)ccc3n2)cc1. The lowest BCUT2D eigenvalue weighted by Gasteiger charge is -2.19. The smallest absolute Gasteiger partial charge is 0.120 e. The summed E-state index contributed by atoms with van der Waals surface area (Å²) < 4.78 is 22.6. The predicted molar refractivity (Wildman–Crippen MR) is 139 cm³/mol. The van der Waals surface area contributed by atoms with Crippen molar-refractivity contribution < 1.29 is 18.9 Å². The normalized spacial score (nSPS) is 11.7. The molecule has 184 valence electrons. The number of hydrogen-bond donors (Lipinski definition) is 0. The van der Waals surface area contributed by atoms with E-state index in [0.717, 1.165) is 34.3 Å². The van der Waals surface area contributed by atoms with E-state index in [9.17, 15) is 0 Å². The predicted octanol–water partition coefficient (Wildman–Crippen LogP) is 5.59. The van der Waals surface area contributed by atoms with Crippen molar-refractivity contribution in [2.24, 2.45) is 0 Å². The Balaban J connectivity index is 1.36. The van der Waals surface area contributed by atoms with Crippen LogP contribution in [0.1, 0.15) is 27.2 Å². The topological polar surface area (TPSA) is 53.1 Å². The lowest BCUT2D eigenvalue weighted by Crippen LogP contribution is -2.22. The van der Waals surface area contributed by atoms with Gasteiger partial charge in [-0.1, -0.05) is 18.2 Å². The lowest BCUT2D eigenvalue weighted by atomic mass is 10.1. The van der Waals surface area contributed by atoms with E-state index in [4.69, 9.17) is 23.9 Å². The molecule has 0 radical (unpaired) electrons. The maximum absolute atomic E-state index is 5.90. The Morgan fingerprint density at radius 2 is 1.47 bits per heavy atom. The van der Waals surface area contributed by atoms with Crippen LogP contribution >= 0.6 is 0 Å². The summed E-state index contributed by atoms with van der Waals surface area (Å²) in [5.74, 6) is 0.847. The van der Waals surface area contributed by atoms with Crippen molar-refractivity contribution >= 4 is 16.6 Å². The van der Waals surface area contributed by atoms with Gasteiger partial charge in [-0.2, -0.15) is 0 Å². The van der Waals surface area contributed by atoms with E-state index >= 15 is 0 Å². The minimum absolute atomic E-state index is 0.122. The highest BCUT2D eigenvalue weighted by atomic mass is 16.5. The van der Waals surface area contributed by atoms with E-state index in [1.165, 1.54) is 5.69 Å². The monoisotopic (exact) mass is 466 g/mol. The molecule has 0 saturated carbocycles. The van der Waals surface area contributed by atoms with Gasteiger partial charge in [-0.25, -0.2) is 4.98 Å². The molecule has 0 atom stereocenters. The zero-order valence-electron chi connectivity index (χ0n) is 21.2. The van der Waals surface area contributed by atoms with Crippen LogP contribution in [0.4, 0.5) is 5.69 Å². The molecule has 0 fully saturated rings. The summed E-state index contributed by atoms with van der Waals surface area (Å²) in [6, 6.07) is 18.6. The Labute approximate surface area is 203 Å². The summed E-state index contributed by atoms with van der Waals surface area (Å²) in [6.07, 6.45) is 0.825. The Hall–Kier alpha value is -2.67. The average Bonchev–Trinajstić information content (AvgIpc) is 2.81. The van der Waals surface area contributed by atoms with Crippen LogP contribution in [-0.4, -0.2) is 64.3 Å². The second-order valence-corrected chi connectivity index (χ2v) is 9.38. The van der Waals surface area contributed by atoms with E-state index in [2.05, 4.69) is 41.3 Å². The van der Waals surface area contributed by atoms with Crippen LogP contribution in [0, 0.1) is 0 Å². The molecule has 6 heteroatoms. The maximum Gasteiger partial charge on any atom is 0.120 e. The molecule has 0 bridgehead atoms. The zero-order valence-corrected chi connectivity index (χ0v) is 21.2. The van der Waals surface area contributed by atoms with Gasteiger partial charge in [-0.3, -0.25) is 0 Å². The number of aromatic nitrogens is 1. The number of rotatable bonds is 13. The van der Waals surface area contributed by atoms with Gasteiger partial charge >= 0.3 is 0 Å². The molecular weight excluding hydrogens is 428 g/mol. The molecule has 0 N–H and O–H groups in total. The molecular formula is C28H38N2O4. The number of hydrogen-bond acceptors (Lipinski definition) is 6. The molecule has 1 aromatic heterocycles. The lowest BCUT2D eigenvalue weighted by molar-refractivity contribution is -0.0427. The number of benzene rings is 2. The van der Waals surface area contributed by atoms with Gasteiger partial charge < -0.3 is 23.8 Å². The average molecular weight is 467 g/mol. The molecule has 6 nitrogen and oxygen atoms in total. The Morgan fingerprint density at radius 1 is 0.765 bits per heavy atom.